The summed E-state index contributed by atoms with van der Waals surface area (Å²) in [6.07, 6.45) is 0.737. The van der Waals surface area contributed by atoms with Crippen molar-refractivity contribution in [3.8, 4) is 17.4 Å². The van der Waals surface area contributed by atoms with Crippen molar-refractivity contribution >= 4 is 12.3 Å². The van der Waals surface area contributed by atoms with Gasteiger partial charge in [-0.2, -0.15) is 0 Å². The maximum absolute atomic E-state index is 10.7. The highest BCUT2D eigenvalue weighted by atomic mass is 16.5. The number of hydrogen-bond acceptors (Lipinski definition) is 5. The van der Waals surface area contributed by atoms with Crippen molar-refractivity contribution in [2.24, 2.45) is 0 Å². The highest BCUT2D eigenvalue weighted by Crippen LogP contribution is 2.23. The van der Waals surface area contributed by atoms with Gasteiger partial charge in [0, 0.05) is 11.6 Å². The standard InChI is InChI=1S/C15H13NO5/c1-10-11(8-17)2-7-14(16-10)21-13-5-3-12(4-6-13)20-9-15(18)19/h2-8H,9H2,1H3,(H,18,19). The number of carboxylic acid groups (broad SMARTS) is 1. The molecule has 1 aromatic heterocycles. The lowest BCUT2D eigenvalue weighted by molar-refractivity contribution is -0.139. The van der Waals surface area contributed by atoms with E-state index in [1.165, 1.54) is 0 Å². The predicted molar refractivity (Wildman–Crippen MR) is 74.0 cm³/mol. The number of benzene rings is 1. The predicted octanol–water partition coefficient (Wildman–Crippen LogP) is 2.46. The molecule has 0 fully saturated rings. The van der Waals surface area contributed by atoms with Crippen LogP contribution in [-0.2, 0) is 4.79 Å². The van der Waals surface area contributed by atoms with Crippen LogP contribution in [-0.4, -0.2) is 29.0 Å². The monoisotopic (exact) mass is 287 g/mol. The third kappa shape index (κ3) is 4.04. The number of nitrogens with zero attached hydrogens (tertiary/aromatic N) is 1. The first-order chi connectivity index (χ1) is 10.1. The van der Waals surface area contributed by atoms with Crippen LogP contribution in [0.2, 0.25) is 0 Å². The molecule has 1 aromatic carbocycles. The molecule has 0 aliphatic rings. The molecule has 6 heteroatoms. The fourth-order valence-electron chi connectivity index (χ4n) is 1.60. The summed E-state index contributed by atoms with van der Waals surface area (Å²) in [6.45, 7) is 1.33. The number of carbonyl (C=O) groups is 2. The van der Waals surface area contributed by atoms with Gasteiger partial charge < -0.3 is 14.6 Å². The average Bonchev–Trinajstić information content (AvgIpc) is 2.47. The van der Waals surface area contributed by atoms with E-state index in [0.717, 1.165) is 6.29 Å². The number of aldehydes is 1. The Kier molecular flexibility index (Phi) is 4.50. The van der Waals surface area contributed by atoms with Gasteiger partial charge in [-0.1, -0.05) is 0 Å². The van der Waals surface area contributed by atoms with Gasteiger partial charge >= 0.3 is 5.97 Å². The summed E-state index contributed by atoms with van der Waals surface area (Å²) in [4.78, 5) is 25.2. The van der Waals surface area contributed by atoms with E-state index in [1.54, 1.807) is 43.3 Å². The zero-order valence-electron chi connectivity index (χ0n) is 11.3. The number of aromatic nitrogens is 1. The highest BCUT2D eigenvalue weighted by Gasteiger charge is 2.04. The van der Waals surface area contributed by atoms with Crippen LogP contribution in [0.5, 0.6) is 17.4 Å². The molecule has 2 aromatic rings. The minimum absolute atomic E-state index is 0.373. The van der Waals surface area contributed by atoms with Crippen LogP contribution >= 0.6 is 0 Å². The van der Waals surface area contributed by atoms with E-state index in [4.69, 9.17) is 14.6 Å². The van der Waals surface area contributed by atoms with E-state index < -0.39 is 12.6 Å². The first kappa shape index (κ1) is 14.5. The van der Waals surface area contributed by atoms with Crippen LogP contribution in [0, 0.1) is 6.92 Å². The molecule has 1 heterocycles. The molecule has 0 radical (unpaired) electrons. The summed E-state index contributed by atoms with van der Waals surface area (Å²) in [7, 11) is 0. The van der Waals surface area contributed by atoms with Crippen LogP contribution < -0.4 is 9.47 Å². The number of rotatable bonds is 6. The van der Waals surface area contributed by atoms with Gasteiger partial charge in [0.25, 0.3) is 0 Å². The molecule has 21 heavy (non-hydrogen) atoms. The van der Waals surface area contributed by atoms with Gasteiger partial charge in [-0.3, -0.25) is 4.79 Å². The summed E-state index contributed by atoms with van der Waals surface area (Å²) in [6, 6.07) is 9.72. The Hall–Kier alpha value is -2.89. The fourth-order valence-corrected chi connectivity index (χ4v) is 1.60. The smallest absolute Gasteiger partial charge is 0.341 e. The van der Waals surface area contributed by atoms with Crippen LogP contribution in [0.15, 0.2) is 36.4 Å². The first-order valence-corrected chi connectivity index (χ1v) is 6.14. The summed E-state index contributed by atoms with van der Waals surface area (Å²) < 4.78 is 10.6. The van der Waals surface area contributed by atoms with E-state index in [-0.39, 0.29) is 0 Å². The Bertz CT molecular complexity index is 652. The van der Waals surface area contributed by atoms with E-state index in [9.17, 15) is 9.59 Å². The molecule has 0 aliphatic carbocycles. The molecule has 6 nitrogen and oxygen atoms in total. The Morgan fingerprint density at radius 2 is 1.86 bits per heavy atom. The maximum Gasteiger partial charge on any atom is 0.341 e. The van der Waals surface area contributed by atoms with E-state index >= 15 is 0 Å². The van der Waals surface area contributed by atoms with E-state index in [1.807, 2.05) is 0 Å². The summed E-state index contributed by atoms with van der Waals surface area (Å²) in [5, 5.41) is 8.51. The molecule has 0 aliphatic heterocycles. The molecule has 1 N–H and O–H groups in total. The second kappa shape index (κ2) is 6.51. The lowest BCUT2D eigenvalue weighted by Crippen LogP contribution is -2.09. The lowest BCUT2D eigenvalue weighted by atomic mass is 10.2. The molecule has 0 unspecified atom stereocenters. The van der Waals surface area contributed by atoms with Crippen molar-refractivity contribution < 1.29 is 24.2 Å². The number of carbonyl (C=O) groups excluding carboxylic acids is 1. The average molecular weight is 287 g/mol. The fraction of sp³-hybridized carbons (Fsp3) is 0.133. The van der Waals surface area contributed by atoms with Crippen molar-refractivity contribution in [2.75, 3.05) is 6.61 Å². The van der Waals surface area contributed by atoms with Gasteiger partial charge in [-0.15, -0.1) is 0 Å². The lowest BCUT2D eigenvalue weighted by Gasteiger charge is -2.07. The summed E-state index contributed by atoms with van der Waals surface area (Å²) in [5.41, 5.74) is 1.10. The van der Waals surface area contributed by atoms with Gasteiger partial charge in [0.2, 0.25) is 5.88 Å². The van der Waals surface area contributed by atoms with Gasteiger partial charge in [-0.05, 0) is 37.3 Å². The molecule has 0 atom stereocenters. The van der Waals surface area contributed by atoms with Gasteiger partial charge in [0.05, 0.1) is 5.69 Å². The van der Waals surface area contributed by atoms with E-state index in [0.29, 0.717) is 28.6 Å². The molecule has 0 saturated carbocycles. The number of ether oxygens (including phenoxy) is 2. The van der Waals surface area contributed by atoms with Crippen LogP contribution in [0.1, 0.15) is 16.1 Å². The summed E-state index contributed by atoms with van der Waals surface area (Å²) in [5.74, 6) is 0.302. The zero-order chi connectivity index (χ0) is 15.2. The normalized spacial score (nSPS) is 9.95. The molecule has 2 rings (SSSR count). The number of pyridine rings is 1. The van der Waals surface area contributed by atoms with Gasteiger partial charge in [0.1, 0.15) is 11.5 Å². The highest BCUT2D eigenvalue weighted by molar-refractivity contribution is 5.76. The van der Waals surface area contributed by atoms with Crippen molar-refractivity contribution in [3.63, 3.8) is 0 Å². The Morgan fingerprint density at radius 3 is 2.43 bits per heavy atom. The Morgan fingerprint density at radius 1 is 1.19 bits per heavy atom. The number of carboxylic acids is 1. The topological polar surface area (TPSA) is 85.7 Å². The van der Waals surface area contributed by atoms with E-state index in [2.05, 4.69) is 4.98 Å². The van der Waals surface area contributed by atoms with Crippen molar-refractivity contribution in [1.82, 2.24) is 4.98 Å². The van der Waals surface area contributed by atoms with Crippen LogP contribution in [0.25, 0.3) is 0 Å². The van der Waals surface area contributed by atoms with Crippen molar-refractivity contribution in [2.45, 2.75) is 6.92 Å². The summed E-state index contributed by atoms with van der Waals surface area (Å²) >= 11 is 0. The molecule has 0 amide bonds. The Balaban J connectivity index is 2.04. The molecule has 108 valence electrons. The SMILES string of the molecule is Cc1nc(Oc2ccc(OCC(=O)O)cc2)ccc1C=O. The second-order valence-electron chi connectivity index (χ2n) is 4.20. The van der Waals surface area contributed by atoms with Crippen molar-refractivity contribution in [3.05, 3.63) is 47.7 Å². The van der Waals surface area contributed by atoms with Crippen LogP contribution in [0.3, 0.4) is 0 Å². The minimum atomic E-state index is -1.04. The largest absolute Gasteiger partial charge is 0.482 e. The third-order valence-electron chi connectivity index (χ3n) is 2.64. The second-order valence-corrected chi connectivity index (χ2v) is 4.20. The first-order valence-electron chi connectivity index (χ1n) is 6.14. The quantitative estimate of drug-likeness (QED) is 0.821. The van der Waals surface area contributed by atoms with Crippen molar-refractivity contribution in [1.29, 1.82) is 0 Å². The molecular formula is C15H13NO5. The molecule has 0 spiro atoms. The molecule has 0 bridgehead atoms. The van der Waals surface area contributed by atoms with Gasteiger partial charge in [-0.25, -0.2) is 9.78 Å². The third-order valence-corrected chi connectivity index (χ3v) is 2.64. The number of aliphatic carboxylic acids is 1. The number of aryl methyl sites for hydroxylation is 1. The maximum atomic E-state index is 10.7. The van der Waals surface area contributed by atoms with Gasteiger partial charge in [0.15, 0.2) is 12.9 Å². The zero-order valence-corrected chi connectivity index (χ0v) is 11.3. The molecular weight excluding hydrogens is 274 g/mol. The minimum Gasteiger partial charge on any atom is -0.482 e. The number of hydrogen-bond donors (Lipinski definition) is 1. The molecule has 0 saturated heterocycles. The Labute approximate surface area is 121 Å². The van der Waals surface area contributed by atoms with Crippen LogP contribution in [0.4, 0.5) is 0 Å².